The van der Waals surface area contributed by atoms with E-state index in [-0.39, 0.29) is 0 Å². The maximum absolute atomic E-state index is 4.89. The minimum atomic E-state index is 0.906. The zero-order chi connectivity index (χ0) is 18.8. The molecule has 134 valence electrons. The number of hydrogen-bond acceptors (Lipinski definition) is 3. The van der Waals surface area contributed by atoms with Crippen LogP contribution in [-0.4, -0.2) is 4.98 Å². The second kappa shape index (κ2) is 7.29. The molecule has 2 nitrogen and oxygen atoms in total. The first-order valence-electron chi connectivity index (χ1n) is 9.24. The number of thiazole rings is 1. The van der Waals surface area contributed by atoms with Crippen molar-refractivity contribution in [3.63, 3.8) is 0 Å². The number of rotatable bonds is 4. The summed E-state index contributed by atoms with van der Waals surface area (Å²) in [7, 11) is 0. The molecule has 1 N–H and O–H groups in total. The fourth-order valence-electron chi connectivity index (χ4n) is 3.36. The normalized spacial score (nSPS) is 10.9. The Morgan fingerprint density at radius 2 is 1.21 bits per heavy atom. The van der Waals surface area contributed by atoms with Gasteiger partial charge in [-0.1, -0.05) is 90.2 Å². The second-order valence-electron chi connectivity index (χ2n) is 6.61. The van der Waals surface area contributed by atoms with Crippen LogP contribution in [-0.2, 0) is 0 Å². The summed E-state index contributed by atoms with van der Waals surface area (Å²) in [4.78, 5) is 4.89. The summed E-state index contributed by atoms with van der Waals surface area (Å²) in [6, 6.07) is 35.7. The topological polar surface area (TPSA) is 24.9 Å². The summed E-state index contributed by atoms with van der Waals surface area (Å²) in [6.07, 6.45) is 0. The smallest absolute Gasteiger partial charge is 0.188 e. The molecule has 1 heterocycles. The Bertz CT molecular complexity index is 1210. The fraction of sp³-hybridized carbons (Fsp3) is 0. The fourth-order valence-corrected chi connectivity index (χ4v) is 4.36. The molecule has 0 unspecified atom stereocenters. The molecule has 0 spiro atoms. The third kappa shape index (κ3) is 3.28. The number of fused-ring (bicyclic) bond motifs is 1. The van der Waals surface area contributed by atoms with Crippen LogP contribution in [0.15, 0.2) is 103 Å². The van der Waals surface area contributed by atoms with Gasteiger partial charge < -0.3 is 5.32 Å². The van der Waals surface area contributed by atoms with Gasteiger partial charge in [-0.05, 0) is 41.0 Å². The van der Waals surface area contributed by atoms with E-state index in [1.807, 2.05) is 24.3 Å². The molecule has 1 aromatic heterocycles. The van der Waals surface area contributed by atoms with Gasteiger partial charge in [0.25, 0.3) is 0 Å². The summed E-state index contributed by atoms with van der Waals surface area (Å²) in [5, 5.41) is 4.34. The highest BCUT2D eigenvalue weighted by molar-refractivity contribution is 7.22. The molecule has 0 radical (unpaired) electrons. The molecule has 28 heavy (non-hydrogen) atoms. The highest BCUT2D eigenvalue weighted by atomic mass is 32.1. The average molecular weight is 379 g/mol. The van der Waals surface area contributed by atoms with Crippen LogP contribution in [0, 0.1) is 0 Å². The van der Waals surface area contributed by atoms with E-state index >= 15 is 0 Å². The number of nitrogens with zero attached hydrogens (tertiary/aromatic N) is 1. The highest BCUT2D eigenvalue weighted by Gasteiger charge is 2.13. The van der Waals surface area contributed by atoms with Crippen LogP contribution < -0.4 is 5.32 Å². The monoisotopic (exact) mass is 378 g/mol. The van der Waals surface area contributed by atoms with E-state index in [4.69, 9.17) is 4.98 Å². The van der Waals surface area contributed by atoms with Gasteiger partial charge in [0.15, 0.2) is 5.13 Å². The van der Waals surface area contributed by atoms with Gasteiger partial charge in [0.2, 0.25) is 0 Å². The zero-order valence-electron chi connectivity index (χ0n) is 15.2. The number of benzene rings is 4. The SMILES string of the molecule is c1ccc(Nc2nc3cc(-c4ccccc4)cc(-c4ccccc4)c3s2)cc1. The van der Waals surface area contributed by atoms with Crippen molar-refractivity contribution in [3.05, 3.63) is 103 Å². The summed E-state index contributed by atoms with van der Waals surface area (Å²) in [6.45, 7) is 0. The minimum absolute atomic E-state index is 0.906. The third-order valence-corrected chi connectivity index (χ3v) is 5.73. The third-order valence-electron chi connectivity index (χ3n) is 4.71. The Kier molecular flexibility index (Phi) is 4.36. The molecule has 0 atom stereocenters. The van der Waals surface area contributed by atoms with Crippen LogP contribution in [0.2, 0.25) is 0 Å². The van der Waals surface area contributed by atoms with Gasteiger partial charge in [-0.3, -0.25) is 0 Å². The van der Waals surface area contributed by atoms with E-state index in [9.17, 15) is 0 Å². The molecule has 0 aliphatic heterocycles. The van der Waals surface area contributed by atoms with Crippen LogP contribution in [0.5, 0.6) is 0 Å². The number of aromatic nitrogens is 1. The first-order chi connectivity index (χ1) is 13.9. The highest BCUT2D eigenvalue weighted by Crippen LogP contribution is 2.39. The summed E-state index contributed by atoms with van der Waals surface area (Å²) >= 11 is 1.70. The number of para-hydroxylation sites is 1. The van der Waals surface area contributed by atoms with Crippen molar-refractivity contribution in [1.82, 2.24) is 4.98 Å². The number of anilines is 2. The van der Waals surface area contributed by atoms with Crippen LogP contribution in [0.25, 0.3) is 32.5 Å². The van der Waals surface area contributed by atoms with Crippen molar-refractivity contribution in [3.8, 4) is 22.3 Å². The maximum atomic E-state index is 4.89. The molecular formula is C25H18N2S. The van der Waals surface area contributed by atoms with Gasteiger partial charge in [0, 0.05) is 11.3 Å². The molecule has 0 fully saturated rings. The second-order valence-corrected chi connectivity index (χ2v) is 7.61. The van der Waals surface area contributed by atoms with Crippen LogP contribution >= 0.6 is 11.3 Å². The Balaban J connectivity index is 1.68. The standard InChI is InChI=1S/C25H18N2S/c1-4-10-18(11-5-1)20-16-22(19-12-6-2-7-13-19)24-23(17-20)27-25(28-24)26-21-14-8-3-9-15-21/h1-17H,(H,26,27). The quantitative estimate of drug-likeness (QED) is 0.353. The van der Waals surface area contributed by atoms with E-state index in [0.29, 0.717) is 0 Å². The average Bonchev–Trinajstić information content (AvgIpc) is 3.17. The van der Waals surface area contributed by atoms with Gasteiger partial charge in [0.1, 0.15) is 0 Å². The van der Waals surface area contributed by atoms with Crippen LogP contribution in [0.1, 0.15) is 0 Å². The zero-order valence-corrected chi connectivity index (χ0v) is 16.0. The first-order valence-corrected chi connectivity index (χ1v) is 10.1. The lowest BCUT2D eigenvalue weighted by atomic mass is 9.98. The van der Waals surface area contributed by atoms with E-state index < -0.39 is 0 Å². The van der Waals surface area contributed by atoms with Gasteiger partial charge >= 0.3 is 0 Å². The van der Waals surface area contributed by atoms with Crippen LogP contribution in [0.4, 0.5) is 10.8 Å². The van der Waals surface area contributed by atoms with Crippen molar-refractivity contribution in [1.29, 1.82) is 0 Å². The molecule has 0 saturated carbocycles. The molecule has 0 aliphatic carbocycles. The first kappa shape index (κ1) is 16.7. The van der Waals surface area contributed by atoms with Gasteiger partial charge in [0.05, 0.1) is 10.2 Å². The molecular weight excluding hydrogens is 360 g/mol. The Morgan fingerprint density at radius 3 is 1.89 bits per heavy atom. The number of nitrogens with one attached hydrogen (secondary N) is 1. The van der Waals surface area contributed by atoms with Crippen molar-refractivity contribution < 1.29 is 0 Å². The predicted octanol–water partition coefficient (Wildman–Crippen LogP) is 7.37. The van der Waals surface area contributed by atoms with Crippen molar-refractivity contribution in [2.24, 2.45) is 0 Å². The summed E-state index contributed by atoms with van der Waals surface area (Å²) < 4.78 is 1.20. The van der Waals surface area contributed by atoms with Crippen molar-refractivity contribution in [2.45, 2.75) is 0 Å². The Hall–Kier alpha value is -3.43. The molecule has 5 aromatic rings. The lowest BCUT2D eigenvalue weighted by Crippen LogP contribution is -1.87. The largest absolute Gasteiger partial charge is 0.332 e. The maximum Gasteiger partial charge on any atom is 0.188 e. The predicted molar refractivity (Wildman–Crippen MR) is 120 cm³/mol. The molecule has 4 aromatic carbocycles. The minimum Gasteiger partial charge on any atom is -0.332 e. The molecule has 0 amide bonds. The Labute approximate surface area is 168 Å². The summed E-state index contributed by atoms with van der Waals surface area (Å²) in [5.41, 5.74) is 6.88. The summed E-state index contributed by atoms with van der Waals surface area (Å²) in [5.74, 6) is 0. The molecule has 0 bridgehead atoms. The molecule has 0 saturated heterocycles. The van der Waals surface area contributed by atoms with E-state index in [0.717, 1.165) is 16.3 Å². The van der Waals surface area contributed by atoms with Gasteiger partial charge in [-0.25, -0.2) is 4.98 Å². The Morgan fingerprint density at radius 1 is 0.607 bits per heavy atom. The van der Waals surface area contributed by atoms with E-state index in [1.54, 1.807) is 11.3 Å². The van der Waals surface area contributed by atoms with Crippen molar-refractivity contribution >= 4 is 32.4 Å². The van der Waals surface area contributed by atoms with Crippen molar-refractivity contribution in [2.75, 3.05) is 5.32 Å². The molecule has 0 aliphatic rings. The van der Waals surface area contributed by atoms with E-state index in [2.05, 4.69) is 84.2 Å². The van der Waals surface area contributed by atoms with Crippen LogP contribution in [0.3, 0.4) is 0 Å². The van der Waals surface area contributed by atoms with E-state index in [1.165, 1.54) is 27.0 Å². The van der Waals surface area contributed by atoms with Gasteiger partial charge in [-0.15, -0.1) is 0 Å². The lowest BCUT2D eigenvalue weighted by Gasteiger charge is -2.07. The lowest BCUT2D eigenvalue weighted by molar-refractivity contribution is 1.44. The van der Waals surface area contributed by atoms with Gasteiger partial charge in [-0.2, -0.15) is 0 Å². The molecule has 5 rings (SSSR count). The number of hydrogen-bond donors (Lipinski definition) is 1. The molecule has 3 heteroatoms.